The van der Waals surface area contributed by atoms with Crippen LogP contribution in [0.5, 0.6) is 11.5 Å². The third-order valence-electron chi connectivity index (χ3n) is 4.03. The number of carbonyl (C=O) groups is 1. The Morgan fingerprint density at radius 2 is 2.00 bits per heavy atom. The highest BCUT2D eigenvalue weighted by molar-refractivity contribution is 5.96. The number of ketones is 1. The normalized spacial score (nSPS) is 12.3. The Kier molecular flexibility index (Phi) is 3.61. The number of nitro groups is 1. The van der Waals surface area contributed by atoms with Crippen molar-refractivity contribution in [1.82, 2.24) is 9.55 Å². The predicted octanol–water partition coefficient (Wildman–Crippen LogP) is 1.92. The largest absolute Gasteiger partial charge is 0.454 e. The maximum absolute atomic E-state index is 12.6. The van der Waals surface area contributed by atoms with Gasteiger partial charge in [-0.1, -0.05) is 0 Å². The molecule has 0 radical (unpaired) electrons. The quantitative estimate of drug-likeness (QED) is 0.400. The lowest BCUT2D eigenvalue weighted by Crippen LogP contribution is -2.24. The van der Waals surface area contributed by atoms with Crippen molar-refractivity contribution in [1.29, 1.82) is 0 Å². The minimum absolute atomic E-state index is 0.0835. The number of carbonyl (C=O) groups excluding carboxylic acids is 1. The Morgan fingerprint density at radius 3 is 2.81 bits per heavy atom. The first-order valence-electron chi connectivity index (χ1n) is 7.59. The molecule has 1 aliphatic rings. The molecular formula is C17H11N3O6. The van der Waals surface area contributed by atoms with Gasteiger partial charge in [0, 0.05) is 17.7 Å². The summed E-state index contributed by atoms with van der Waals surface area (Å²) in [5, 5.41) is 11.0. The molecule has 2 aromatic carbocycles. The number of Topliss-reactive ketones (excluding diaryl/α,β-unsaturated/α-hetero) is 1. The van der Waals surface area contributed by atoms with Crippen LogP contribution in [0.25, 0.3) is 10.9 Å². The number of rotatable bonds is 4. The van der Waals surface area contributed by atoms with Crippen LogP contribution in [-0.2, 0) is 6.54 Å². The zero-order valence-electron chi connectivity index (χ0n) is 13.2. The van der Waals surface area contributed by atoms with Gasteiger partial charge in [-0.25, -0.2) is 4.98 Å². The van der Waals surface area contributed by atoms with Crippen LogP contribution >= 0.6 is 0 Å². The highest BCUT2D eigenvalue weighted by Gasteiger charge is 2.17. The molecule has 1 aromatic heterocycles. The molecule has 1 aliphatic heterocycles. The highest BCUT2D eigenvalue weighted by atomic mass is 16.7. The van der Waals surface area contributed by atoms with Crippen molar-refractivity contribution >= 4 is 22.4 Å². The van der Waals surface area contributed by atoms with Crippen LogP contribution in [-0.4, -0.2) is 27.1 Å². The molecule has 4 rings (SSSR count). The van der Waals surface area contributed by atoms with E-state index in [-0.39, 0.29) is 30.2 Å². The van der Waals surface area contributed by atoms with E-state index >= 15 is 0 Å². The number of aromatic nitrogens is 2. The Balaban J connectivity index is 1.68. The van der Waals surface area contributed by atoms with Crippen molar-refractivity contribution in [2.45, 2.75) is 6.54 Å². The summed E-state index contributed by atoms with van der Waals surface area (Å²) in [6.45, 7) is -0.149. The van der Waals surface area contributed by atoms with E-state index in [9.17, 15) is 19.7 Å². The third kappa shape index (κ3) is 2.65. The SMILES string of the molecule is O=C(Cn1cnc2ccc([N+](=O)[O-])cc2c1=O)c1ccc2c(c1)OCO2. The summed E-state index contributed by atoms with van der Waals surface area (Å²) in [6, 6.07) is 8.59. The third-order valence-corrected chi connectivity index (χ3v) is 4.03. The molecule has 0 fully saturated rings. The summed E-state index contributed by atoms with van der Waals surface area (Å²) in [6.07, 6.45) is 1.25. The van der Waals surface area contributed by atoms with E-state index in [1.165, 1.54) is 18.5 Å². The molecule has 9 nitrogen and oxygen atoms in total. The second kappa shape index (κ2) is 5.96. The molecule has 0 spiro atoms. The molecule has 0 N–H and O–H groups in total. The van der Waals surface area contributed by atoms with Gasteiger partial charge in [0.1, 0.15) is 0 Å². The fourth-order valence-corrected chi connectivity index (χ4v) is 2.69. The molecule has 0 amide bonds. The molecule has 0 unspecified atom stereocenters. The zero-order valence-corrected chi connectivity index (χ0v) is 13.2. The lowest BCUT2D eigenvalue weighted by atomic mass is 10.1. The summed E-state index contributed by atoms with van der Waals surface area (Å²) >= 11 is 0. The summed E-state index contributed by atoms with van der Waals surface area (Å²) in [5.74, 6) is 0.700. The molecule has 0 bridgehead atoms. The number of fused-ring (bicyclic) bond motifs is 2. The van der Waals surface area contributed by atoms with Crippen LogP contribution in [0.15, 0.2) is 47.5 Å². The van der Waals surface area contributed by atoms with Crippen molar-refractivity contribution in [3.63, 3.8) is 0 Å². The smallest absolute Gasteiger partial charge is 0.270 e. The fourth-order valence-electron chi connectivity index (χ4n) is 2.69. The second-order valence-corrected chi connectivity index (χ2v) is 5.63. The fraction of sp³-hybridized carbons (Fsp3) is 0.118. The second-order valence-electron chi connectivity index (χ2n) is 5.63. The van der Waals surface area contributed by atoms with Gasteiger partial charge in [-0.3, -0.25) is 24.3 Å². The van der Waals surface area contributed by atoms with Gasteiger partial charge in [0.25, 0.3) is 11.2 Å². The number of non-ortho nitro benzene ring substituents is 1. The lowest BCUT2D eigenvalue weighted by Gasteiger charge is -2.07. The molecule has 2 heterocycles. The predicted molar refractivity (Wildman–Crippen MR) is 89.6 cm³/mol. The van der Waals surface area contributed by atoms with Crippen LogP contribution in [0, 0.1) is 10.1 Å². The Morgan fingerprint density at radius 1 is 1.19 bits per heavy atom. The van der Waals surface area contributed by atoms with Crippen molar-refractivity contribution in [2.24, 2.45) is 0 Å². The first kappa shape index (κ1) is 15.8. The summed E-state index contributed by atoms with van der Waals surface area (Å²) in [7, 11) is 0. The summed E-state index contributed by atoms with van der Waals surface area (Å²) in [5.41, 5.74) is -0.0447. The Labute approximate surface area is 145 Å². The average Bonchev–Trinajstić information content (AvgIpc) is 3.11. The maximum atomic E-state index is 12.6. The molecule has 3 aromatic rings. The van der Waals surface area contributed by atoms with Gasteiger partial charge < -0.3 is 9.47 Å². The monoisotopic (exact) mass is 353 g/mol. The van der Waals surface area contributed by atoms with Crippen LogP contribution in [0.4, 0.5) is 5.69 Å². The minimum atomic E-state index is -0.589. The first-order valence-corrected chi connectivity index (χ1v) is 7.59. The number of hydrogen-bond donors (Lipinski definition) is 0. The van der Waals surface area contributed by atoms with Gasteiger partial charge >= 0.3 is 0 Å². The molecule has 26 heavy (non-hydrogen) atoms. The number of nitro benzene ring substituents is 1. The summed E-state index contributed by atoms with van der Waals surface area (Å²) in [4.78, 5) is 39.4. The van der Waals surface area contributed by atoms with Gasteiger partial charge in [0.2, 0.25) is 6.79 Å². The molecule has 0 atom stereocenters. The van der Waals surface area contributed by atoms with E-state index in [0.717, 1.165) is 10.6 Å². The minimum Gasteiger partial charge on any atom is -0.454 e. The number of benzene rings is 2. The molecule has 0 saturated carbocycles. The first-order chi connectivity index (χ1) is 12.5. The van der Waals surface area contributed by atoms with Crippen LogP contribution in [0.1, 0.15) is 10.4 Å². The molecular weight excluding hydrogens is 342 g/mol. The van der Waals surface area contributed by atoms with E-state index in [1.807, 2.05) is 0 Å². The van der Waals surface area contributed by atoms with E-state index in [1.54, 1.807) is 18.2 Å². The summed E-state index contributed by atoms with van der Waals surface area (Å²) < 4.78 is 11.6. The zero-order chi connectivity index (χ0) is 18.3. The van der Waals surface area contributed by atoms with Gasteiger partial charge in [-0.15, -0.1) is 0 Å². The Bertz CT molecular complexity index is 1120. The maximum Gasteiger partial charge on any atom is 0.270 e. The van der Waals surface area contributed by atoms with Crippen LogP contribution in [0.2, 0.25) is 0 Å². The van der Waals surface area contributed by atoms with E-state index in [0.29, 0.717) is 22.6 Å². The number of nitrogens with zero attached hydrogens (tertiary/aromatic N) is 3. The van der Waals surface area contributed by atoms with Gasteiger partial charge in [-0.2, -0.15) is 0 Å². The van der Waals surface area contributed by atoms with Gasteiger partial charge in [0.05, 0.1) is 28.7 Å². The Hall–Kier alpha value is -3.75. The molecule has 0 saturated heterocycles. The molecule has 130 valence electrons. The molecule has 9 heteroatoms. The van der Waals surface area contributed by atoms with Crippen molar-refractivity contribution in [2.75, 3.05) is 6.79 Å². The van der Waals surface area contributed by atoms with E-state index in [2.05, 4.69) is 4.98 Å². The highest BCUT2D eigenvalue weighted by Crippen LogP contribution is 2.32. The van der Waals surface area contributed by atoms with Crippen molar-refractivity contribution in [3.05, 3.63) is 68.8 Å². The number of ether oxygens (including phenoxy) is 2. The van der Waals surface area contributed by atoms with Crippen molar-refractivity contribution < 1.29 is 19.2 Å². The lowest BCUT2D eigenvalue weighted by molar-refractivity contribution is -0.384. The standard InChI is InChI=1S/C17H11N3O6/c21-14(10-1-4-15-16(5-10)26-9-25-15)7-19-8-18-13-3-2-11(20(23)24)6-12(13)17(19)22/h1-6,8H,7,9H2. The average molecular weight is 353 g/mol. The van der Waals surface area contributed by atoms with Crippen molar-refractivity contribution in [3.8, 4) is 11.5 Å². The number of hydrogen-bond acceptors (Lipinski definition) is 7. The topological polar surface area (TPSA) is 114 Å². The van der Waals surface area contributed by atoms with E-state index < -0.39 is 10.5 Å². The van der Waals surface area contributed by atoms with Crippen LogP contribution in [0.3, 0.4) is 0 Å². The van der Waals surface area contributed by atoms with Gasteiger partial charge in [-0.05, 0) is 24.3 Å². The molecule has 0 aliphatic carbocycles. The van der Waals surface area contributed by atoms with Crippen LogP contribution < -0.4 is 15.0 Å². The van der Waals surface area contributed by atoms with Gasteiger partial charge in [0.15, 0.2) is 17.3 Å². The van der Waals surface area contributed by atoms with E-state index in [4.69, 9.17) is 9.47 Å².